The highest BCUT2D eigenvalue weighted by Gasteiger charge is 2.25. The molecule has 8 heteroatoms. The number of nitrogens with one attached hydrogen (secondary N) is 2. The van der Waals surface area contributed by atoms with Crippen LogP contribution in [0.15, 0.2) is 41.7 Å². The number of anilines is 2. The molecule has 0 aliphatic carbocycles. The molecule has 0 bridgehead atoms. The minimum absolute atomic E-state index is 0.187. The summed E-state index contributed by atoms with van der Waals surface area (Å²) in [5, 5.41) is 6.77. The number of rotatable bonds is 8. The van der Waals surface area contributed by atoms with E-state index in [0.29, 0.717) is 18.9 Å². The number of guanidine groups is 1. The molecule has 3 rings (SSSR count). The van der Waals surface area contributed by atoms with Gasteiger partial charge in [0.05, 0.1) is 6.54 Å². The topological polar surface area (TPSA) is 68.7 Å². The highest BCUT2D eigenvalue weighted by atomic mass is 19.1. The van der Waals surface area contributed by atoms with Gasteiger partial charge in [-0.25, -0.2) is 19.4 Å². The third-order valence-corrected chi connectivity index (χ3v) is 5.23. The van der Waals surface area contributed by atoms with Crippen molar-refractivity contribution in [3.8, 4) is 0 Å². The molecule has 162 valence electrons. The molecule has 1 unspecified atom stereocenters. The molecule has 1 atom stereocenters. The van der Waals surface area contributed by atoms with Gasteiger partial charge in [-0.05, 0) is 51.0 Å². The van der Waals surface area contributed by atoms with Crippen LogP contribution in [-0.2, 0) is 6.54 Å². The maximum atomic E-state index is 14.0. The molecule has 30 heavy (non-hydrogen) atoms. The van der Waals surface area contributed by atoms with E-state index in [4.69, 9.17) is 4.99 Å². The maximum Gasteiger partial charge on any atom is 0.191 e. The number of nitrogens with zero attached hydrogens (tertiary/aromatic N) is 5. The Balaban J connectivity index is 1.59. The van der Waals surface area contributed by atoms with Gasteiger partial charge < -0.3 is 20.4 Å². The normalized spacial score (nSPS) is 16.6. The summed E-state index contributed by atoms with van der Waals surface area (Å²) in [7, 11) is 0. The van der Waals surface area contributed by atoms with Gasteiger partial charge in [0.1, 0.15) is 5.82 Å². The predicted octanol–water partition coefficient (Wildman–Crippen LogP) is 2.80. The van der Waals surface area contributed by atoms with E-state index in [9.17, 15) is 4.39 Å². The molecule has 2 aromatic heterocycles. The second kappa shape index (κ2) is 10.8. The number of hydrogen-bond acceptors (Lipinski definition) is 5. The van der Waals surface area contributed by atoms with Crippen molar-refractivity contribution < 1.29 is 4.39 Å². The SMILES string of the molecule is CCNC(=NCc1ccc(N(CC)CC)nc1)NC1CCN(c2ncccc2F)C1. The largest absolute Gasteiger partial charge is 0.357 e. The number of aliphatic imine (C=N–C) groups is 1. The van der Waals surface area contributed by atoms with E-state index in [1.165, 1.54) is 6.07 Å². The first kappa shape index (κ1) is 21.8. The van der Waals surface area contributed by atoms with Crippen molar-refractivity contribution in [3.63, 3.8) is 0 Å². The zero-order chi connectivity index (χ0) is 21.3. The quantitative estimate of drug-likeness (QED) is 0.512. The highest BCUT2D eigenvalue weighted by molar-refractivity contribution is 5.80. The monoisotopic (exact) mass is 413 g/mol. The van der Waals surface area contributed by atoms with Gasteiger partial charge in [-0.1, -0.05) is 6.07 Å². The second-order valence-electron chi connectivity index (χ2n) is 7.28. The van der Waals surface area contributed by atoms with Gasteiger partial charge in [0.2, 0.25) is 0 Å². The third-order valence-electron chi connectivity index (χ3n) is 5.23. The van der Waals surface area contributed by atoms with Gasteiger partial charge >= 0.3 is 0 Å². The molecule has 0 saturated carbocycles. The number of halogens is 1. The van der Waals surface area contributed by atoms with E-state index in [-0.39, 0.29) is 11.9 Å². The zero-order valence-corrected chi connectivity index (χ0v) is 18.1. The average molecular weight is 414 g/mol. The number of pyridine rings is 2. The molecular formula is C22H32FN7. The molecule has 0 spiro atoms. The van der Waals surface area contributed by atoms with E-state index in [2.05, 4.69) is 51.5 Å². The standard InChI is InChI=1S/C22H32FN7/c1-4-24-22(27-15-17-9-10-20(26-14-17)29(5-2)6-3)28-18-11-13-30(16-18)21-19(23)8-7-12-25-21/h7-10,12,14,18H,4-6,11,13,15-16H2,1-3H3,(H2,24,27,28). The van der Waals surface area contributed by atoms with Crippen LogP contribution < -0.4 is 20.4 Å². The molecule has 1 aliphatic rings. The Kier molecular flexibility index (Phi) is 7.82. The van der Waals surface area contributed by atoms with Crippen LogP contribution in [0.25, 0.3) is 0 Å². The summed E-state index contributed by atoms with van der Waals surface area (Å²) in [6.45, 7) is 11.0. The molecule has 1 saturated heterocycles. The fourth-order valence-corrected chi connectivity index (χ4v) is 3.61. The van der Waals surface area contributed by atoms with Crippen LogP contribution in [0.1, 0.15) is 32.8 Å². The first-order valence-electron chi connectivity index (χ1n) is 10.7. The van der Waals surface area contributed by atoms with Crippen LogP contribution in [-0.4, -0.2) is 54.7 Å². The Bertz CT molecular complexity index is 820. The number of hydrogen-bond donors (Lipinski definition) is 2. The Morgan fingerprint density at radius 3 is 2.73 bits per heavy atom. The van der Waals surface area contributed by atoms with Crippen LogP contribution in [0.2, 0.25) is 0 Å². The molecule has 0 amide bonds. The first-order valence-corrected chi connectivity index (χ1v) is 10.7. The van der Waals surface area contributed by atoms with Crippen LogP contribution in [0.5, 0.6) is 0 Å². The minimum atomic E-state index is -0.278. The van der Waals surface area contributed by atoms with Gasteiger partial charge in [0.15, 0.2) is 17.6 Å². The molecule has 2 aromatic rings. The molecular weight excluding hydrogens is 381 g/mol. The minimum Gasteiger partial charge on any atom is -0.357 e. The van der Waals surface area contributed by atoms with E-state index in [0.717, 1.165) is 49.9 Å². The lowest BCUT2D eigenvalue weighted by Gasteiger charge is -2.20. The van der Waals surface area contributed by atoms with Gasteiger partial charge in [0, 0.05) is 51.2 Å². The summed E-state index contributed by atoms with van der Waals surface area (Å²) in [5.41, 5.74) is 1.06. The van der Waals surface area contributed by atoms with Crippen LogP contribution >= 0.6 is 0 Å². The lowest BCUT2D eigenvalue weighted by atomic mass is 10.2. The zero-order valence-electron chi connectivity index (χ0n) is 18.1. The molecule has 0 radical (unpaired) electrons. The Morgan fingerprint density at radius 2 is 2.07 bits per heavy atom. The maximum absolute atomic E-state index is 14.0. The third kappa shape index (κ3) is 5.58. The van der Waals surface area contributed by atoms with Gasteiger partial charge in [-0.15, -0.1) is 0 Å². The van der Waals surface area contributed by atoms with E-state index >= 15 is 0 Å². The van der Waals surface area contributed by atoms with E-state index in [1.54, 1.807) is 12.3 Å². The molecule has 1 fully saturated rings. The predicted molar refractivity (Wildman–Crippen MR) is 121 cm³/mol. The van der Waals surface area contributed by atoms with Crippen molar-refractivity contribution in [2.75, 3.05) is 42.5 Å². The van der Waals surface area contributed by atoms with Crippen molar-refractivity contribution in [2.24, 2.45) is 4.99 Å². The molecule has 3 heterocycles. The van der Waals surface area contributed by atoms with Crippen LogP contribution in [0, 0.1) is 5.82 Å². The van der Waals surface area contributed by atoms with Crippen molar-refractivity contribution >= 4 is 17.6 Å². The summed E-state index contributed by atoms with van der Waals surface area (Å²) < 4.78 is 14.0. The summed E-state index contributed by atoms with van der Waals surface area (Å²) in [6.07, 6.45) is 4.42. The van der Waals surface area contributed by atoms with Crippen molar-refractivity contribution in [2.45, 2.75) is 39.8 Å². The Morgan fingerprint density at radius 1 is 1.23 bits per heavy atom. The first-order chi connectivity index (χ1) is 14.6. The highest BCUT2D eigenvalue weighted by Crippen LogP contribution is 2.20. The smallest absolute Gasteiger partial charge is 0.191 e. The molecule has 0 aromatic carbocycles. The molecule has 7 nitrogen and oxygen atoms in total. The number of aromatic nitrogens is 2. The van der Waals surface area contributed by atoms with Crippen LogP contribution in [0.4, 0.5) is 16.0 Å². The lowest BCUT2D eigenvalue weighted by Crippen LogP contribution is -2.44. The van der Waals surface area contributed by atoms with Crippen molar-refractivity contribution in [1.29, 1.82) is 0 Å². The van der Waals surface area contributed by atoms with Gasteiger partial charge in [-0.3, -0.25) is 0 Å². The van der Waals surface area contributed by atoms with Crippen molar-refractivity contribution in [1.82, 2.24) is 20.6 Å². The van der Waals surface area contributed by atoms with E-state index in [1.807, 2.05) is 18.0 Å². The summed E-state index contributed by atoms with van der Waals surface area (Å²) >= 11 is 0. The van der Waals surface area contributed by atoms with Crippen LogP contribution in [0.3, 0.4) is 0 Å². The summed E-state index contributed by atoms with van der Waals surface area (Å²) in [5.74, 6) is 1.90. The molecule has 2 N–H and O–H groups in total. The summed E-state index contributed by atoms with van der Waals surface area (Å²) in [6, 6.07) is 7.38. The van der Waals surface area contributed by atoms with Gasteiger partial charge in [0.25, 0.3) is 0 Å². The summed E-state index contributed by atoms with van der Waals surface area (Å²) in [4.78, 5) is 17.7. The Labute approximate surface area is 178 Å². The van der Waals surface area contributed by atoms with E-state index < -0.39 is 0 Å². The average Bonchev–Trinajstić information content (AvgIpc) is 3.22. The molecule has 1 aliphatic heterocycles. The second-order valence-corrected chi connectivity index (χ2v) is 7.28. The van der Waals surface area contributed by atoms with Crippen molar-refractivity contribution in [3.05, 3.63) is 48.0 Å². The fourth-order valence-electron chi connectivity index (χ4n) is 3.61. The lowest BCUT2D eigenvalue weighted by molar-refractivity contribution is 0.612. The van der Waals surface area contributed by atoms with Gasteiger partial charge in [-0.2, -0.15) is 0 Å². The Hall–Kier alpha value is -2.90. The fraction of sp³-hybridized carbons (Fsp3) is 0.500.